The third kappa shape index (κ3) is 8.69. The molecule has 1 N–H and O–H groups in total. The van der Waals surface area contributed by atoms with Gasteiger partial charge in [0.2, 0.25) is 0 Å². The van der Waals surface area contributed by atoms with Crippen LogP contribution in [0.1, 0.15) is 82.9 Å². The van der Waals surface area contributed by atoms with E-state index in [2.05, 4.69) is 9.71 Å². The number of nitrogens with zero attached hydrogens (tertiary/aromatic N) is 5. The van der Waals surface area contributed by atoms with Crippen LogP contribution in [0.4, 0.5) is 14.9 Å². The van der Waals surface area contributed by atoms with Crippen LogP contribution in [0.5, 0.6) is 11.5 Å². The summed E-state index contributed by atoms with van der Waals surface area (Å²) < 4.78 is 67.4. The summed E-state index contributed by atoms with van der Waals surface area (Å²) in [4.78, 5) is 23.8. The molecule has 3 aromatic rings. The van der Waals surface area contributed by atoms with Crippen molar-refractivity contribution >= 4 is 33.0 Å². The third-order valence-electron chi connectivity index (χ3n) is 9.72. The zero-order valence-corrected chi connectivity index (χ0v) is 30.3. The first kappa shape index (κ1) is 36.7. The number of anilines is 1. The topological polar surface area (TPSA) is 156 Å². The fourth-order valence-corrected chi connectivity index (χ4v) is 7.74. The van der Waals surface area contributed by atoms with E-state index in [-0.39, 0.29) is 53.9 Å². The van der Waals surface area contributed by atoms with Crippen molar-refractivity contribution < 1.29 is 36.6 Å². The summed E-state index contributed by atoms with van der Waals surface area (Å²) in [5.74, 6) is -0.818. The molecule has 51 heavy (non-hydrogen) atoms. The Hall–Kier alpha value is -4.10. The van der Waals surface area contributed by atoms with Crippen LogP contribution in [-0.2, 0) is 24.4 Å². The summed E-state index contributed by atoms with van der Waals surface area (Å²) in [6, 6.07) is 9.03. The lowest BCUT2D eigenvalue weighted by Gasteiger charge is -2.52. The second kappa shape index (κ2) is 14.9. The van der Waals surface area contributed by atoms with Gasteiger partial charge in [-0.3, -0.25) is 9.71 Å². The van der Waals surface area contributed by atoms with Gasteiger partial charge in [-0.25, -0.2) is 14.2 Å². The van der Waals surface area contributed by atoms with Crippen LogP contribution in [0.25, 0.3) is 11.0 Å². The number of nitrogens with one attached hydrogen (secondary N) is 1. The van der Waals surface area contributed by atoms with Crippen molar-refractivity contribution in [1.82, 2.24) is 19.2 Å². The molecule has 6 rings (SSSR count). The average Bonchev–Trinajstić information content (AvgIpc) is 3.08. The minimum atomic E-state index is -4.12. The molecule has 1 spiro atoms. The number of amides is 1. The van der Waals surface area contributed by atoms with E-state index in [1.54, 1.807) is 29.3 Å². The lowest BCUT2D eigenvalue weighted by molar-refractivity contribution is -0.162. The minimum Gasteiger partial charge on any atom is -0.453 e. The number of aromatic nitrogens is 2. The summed E-state index contributed by atoms with van der Waals surface area (Å²) in [5.41, 5.74) is 1.21. The molecule has 3 heterocycles. The highest BCUT2D eigenvalue weighted by Crippen LogP contribution is 2.56. The molecule has 1 saturated carbocycles. The maximum absolute atomic E-state index is 15.1. The van der Waals surface area contributed by atoms with Gasteiger partial charge in [-0.2, -0.15) is 18.0 Å². The Morgan fingerprint density at radius 1 is 1.18 bits per heavy atom. The monoisotopic (exact) mass is 724 g/mol. The number of rotatable bonds is 10. The van der Waals surface area contributed by atoms with Gasteiger partial charge in [0.1, 0.15) is 23.0 Å². The molecule has 3 aliphatic rings. The molecule has 2 saturated heterocycles. The molecule has 274 valence electrons. The molecule has 1 aliphatic carbocycles. The molecule has 15 heteroatoms. The number of carbonyl (C=O) groups excluding carboxylic acids is 1. The van der Waals surface area contributed by atoms with Gasteiger partial charge in [0.25, 0.3) is 0 Å². The number of hydrogen-bond donors (Lipinski definition) is 1. The van der Waals surface area contributed by atoms with Crippen LogP contribution in [-0.4, -0.2) is 85.5 Å². The lowest BCUT2D eigenvalue weighted by Crippen LogP contribution is -2.49. The van der Waals surface area contributed by atoms with Crippen molar-refractivity contribution in [2.75, 3.05) is 44.6 Å². The molecule has 2 aromatic carbocycles. The Bertz CT molecular complexity index is 1890. The Balaban J connectivity index is 1.10. The summed E-state index contributed by atoms with van der Waals surface area (Å²) >= 11 is 0. The van der Waals surface area contributed by atoms with Crippen molar-refractivity contribution in [2.24, 2.45) is 5.41 Å². The Morgan fingerprint density at radius 2 is 1.94 bits per heavy atom. The highest BCUT2D eigenvalue weighted by atomic mass is 32.2. The Kier molecular flexibility index (Phi) is 10.7. The first-order chi connectivity index (χ1) is 24.2. The second-order valence-corrected chi connectivity index (χ2v) is 16.4. The predicted octanol–water partition coefficient (Wildman–Crippen LogP) is 6.46. The number of halogens is 1. The molecule has 1 amide bonds. The van der Waals surface area contributed by atoms with E-state index < -0.39 is 27.4 Å². The van der Waals surface area contributed by atoms with Gasteiger partial charge in [-0.1, -0.05) is 0 Å². The van der Waals surface area contributed by atoms with Gasteiger partial charge >= 0.3 is 16.3 Å². The normalized spacial score (nSPS) is 19.5. The first-order valence-corrected chi connectivity index (χ1v) is 18.8. The largest absolute Gasteiger partial charge is 0.453 e. The zero-order valence-electron chi connectivity index (χ0n) is 29.5. The smallest absolute Gasteiger partial charge is 0.410 e. The molecule has 0 bridgehead atoms. The van der Waals surface area contributed by atoms with Crippen molar-refractivity contribution in [3.8, 4) is 17.6 Å². The minimum absolute atomic E-state index is 0.0380. The van der Waals surface area contributed by atoms with E-state index in [1.807, 2.05) is 26.8 Å². The quantitative estimate of drug-likeness (QED) is 0.246. The number of nitriles is 1. The van der Waals surface area contributed by atoms with E-state index >= 15 is 4.39 Å². The van der Waals surface area contributed by atoms with Gasteiger partial charge in [-0.15, -0.1) is 0 Å². The number of likely N-dealkylation sites (N-methyl/N-ethyl adjacent to an activating group) is 1. The standard InChI is InChI=1S/C36H45FN6O7S/c1-35(2,3)50-34(44)43-14-12-36(13-15-43)20-24(21-36)31-23-39-29-10-8-25(19-30(29)40-31)49-33-26(22-38)28(11-9-27(33)37)41-51(45,46)42(4)16-18-48-32-7-5-6-17-47-32/h8-11,19,23-24,32,41H,5-7,12-18,20-21H2,1-4H3. The number of ether oxygens (including phenoxy) is 4. The highest BCUT2D eigenvalue weighted by Gasteiger charge is 2.47. The van der Waals surface area contributed by atoms with E-state index in [9.17, 15) is 18.5 Å². The second-order valence-electron chi connectivity index (χ2n) is 14.6. The number of carbonyl (C=O) groups is 1. The van der Waals surface area contributed by atoms with Crippen LogP contribution in [0.2, 0.25) is 0 Å². The SMILES string of the molecule is CN(CCOC1CCCCO1)S(=O)(=O)Nc1ccc(F)c(Oc2ccc3ncc(C4CC5(CCN(C(=O)OC(C)(C)C)CC5)C4)nc3c2)c1C#N. The number of hydrogen-bond acceptors (Lipinski definition) is 10. The molecule has 13 nitrogen and oxygen atoms in total. The third-order valence-corrected chi connectivity index (χ3v) is 11.2. The van der Waals surface area contributed by atoms with E-state index in [1.165, 1.54) is 13.1 Å². The number of likely N-dealkylation sites (tertiary alicyclic amines) is 1. The molecule has 1 unspecified atom stereocenters. The van der Waals surface area contributed by atoms with Gasteiger partial charge in [-0.05, 0) is 95.4 Å². The van der Waals surface area contributed by atoms with Crippen LogP contribution in [0.15, 0.2) is 36.5 Å². The van der Waals surface area contributed by atoms with Crippen molar-refractivity contribution in [2.45, 2.75) is 83.5 Å². The van der Waals surface area contributed by atoms with Gasteiger partial charge in [0.15, 0.2) is 17.9 Å². The highest BCUT2D eigenvalue weighted by molar-refractivity contribution is 7.90. The fourth-order valence-electron chi connectivity index (χ4n) is 6.82. The van der Waals surface area contributed by atoms with Crippen LogP contribution in [0.3, 0.4) is 0 Å². The molecule has 0 radical (unpaired) electrons. The van der Waals surface area contributed by atoms with Gasteiger partial charge < -0.3 is 23.8 Å². The Labute approximate surface area is 298 Å². The molecule has 2 aliphatic heterocycles. The molecular formula is C36H45FN6O7S. The van der Waals surface area contributed by atoms with Crippen molar-refractivity contribution in [3.05, 3.63) is 53.6 Å². The van der Waals surface area contributed by atoms with Gasteiger partial charge in [0.05, 0.1) is 29.0 Å². The van der Waals surface area contributed by atoms with Crippen LogP contribution in [0, 0.1) is 22.6 Å². The average molecular weight is 725 g/mol. The summed E-state index contributed by atoms with van der Waals surface area (Å²) in [6.07, 6.45) is 7.58. The summed E-state index contributed by atoms with van der Waals surface area (Å²) in [5, 5.41) is 9.99. The van der Waals surface area contributed by atoms with Crippen LogP contribution >= 0.6 is 0 Å². The molecule has 1 aromatic heterocycles. The number of piperidine rings is 1. The van der Waals surface area contributed by atoms with Crippen molar-refractivity contribution in [3.63, 3.8) is 0 Å². The number of fused-ring (bicyclic) bond motifs is 1. The Morgan fingerprint density at radius 3 is 2.63 bits per heavy atom. The molecule has 1 atom stereocenters. The van der Waals surface area contributed by atoms with Gasteiger partial charge in [0, 0.05) is 51.5 Å². The van der Waals surface area contributed by atoms with Crippen LogP contribution < -0.4 is 9.46 Å². The fraction of sp³-hybridized carbons (Fsp3) is 0.556. The van der Waals surface area contributed by atoms with E-state index in [0.29, 0.717) is 30.7 Å². The summed E-state index contributed by atoms with van der Waals surface area (Å²) in [7, 11) is -2.74. The lowest BCUT2D eigenvalue weighted by atomic mass is 9.57. The molecule has 3 fully saturated rings. The maximum Gasteiger partial charge on any atom is 0.410 e. The van der Waals surface area contributed by atoms with Crippen molar-refractivity contribution in [1.29, 1.82) is 5.26 Å². The number of benzene rings is 2. The first-order valence-electron chi connectivity index (χ1n) is 17.4. The molecular weight excluding hydrogens is 679 g/mol. The van der Waals surface area contributed by atoms with E-state index in [4.69, 9.17) is 23.9 Å². The predicted molar refractivity (Wildman–Crippen MR) is 187 cm³/mol. The zero-order chi connectivity index (χ0) is 36.4. The van der Waals surface area contributed by atoms with E-state index in [0.717, 1.165) is 61.0 Å². The summed E-state index contributed by atoms with van der Waals surface area (Å²) in [6.45, 7) is 7.70. The maximum atomic E-state index is 15.1.